The third-order valence-corrected chi connectivity index (χ3v) is 1.95. The minimum absolute atomic E-state index is 0.0266. The molecule has 0 fully saturated rings. The largest absolute Gasteiger partial charge is 0.593 e. The molecule has 2 aromatic rings. The first kappa shape index (κ1) is 7.86. The van der Waals surface area contributed by atoms with Crippen molar-refractivity contribution in [2.24, 2.45) is 0 Å². The number of hydrogen-bond acceptors (Lipinski definition) is 2. The second kappa shape index (κ2) is 2.62. The molecular formula is C10H9O3+. The first-order valence-electron chi connectivity index (χ1n) is 3.92. The molecule has 0 spiro atoms. The smallest absolute Gasteiger partial charge is 0.257 e. The van der Waals surface area contributed by atoms with Gasteiger partial charge in [0.05, 0.1) is 17.7 Å². The molecular weight excluding hydrogens is 168 g/mol. The van der Waals surface area contributed by atoms with Gasteiger partial charge in [-0.25, -0.2) is 0 Å². The number of fused-ring (bicyclic) bond motifs is 1. The van der Waals surface area contributed by atoms with Crippen LogP contribution in [0.25, 0.3) is 11.0 Å². The molecule has 13 heavy (non-hydrogen) atoms. The van der Waals surface area contributed by atoms with E-state index in [0.29, 0.717) is 22.3 Å². The number of rotatable bonds is 0. The molecule has 2 N–H and O–H groups in total. The van der Waals surface area contributed by atoms with E-state index in [4.69, 9.17) is 9.52 Å². The Hall–Kier alpha value is -1.77. The maximum atomic E-state index is 11.5. The Morgan fingerprint density at radius 2 is 2.15 bits per heavy atom. The Bertz CT molecular complexity index is 511. The molecule has 2 rings (SSSR count). The lowest BCUT2D eigenvalue weighted by molar-refractivity contribution is 0.474. The standard InChI is InChI=1S/C10H8O3/c1-6-5-13-9-4-7(11)2-3-8(9)10(6)12/h2-5,11H,1H3/p+1. The van der Waals surface area contributed by atoms with Crippen LogP contribution in [0.4, 0.5) is 0 Å². The van der Waals surface area contributed by atoms with Crippen LogP contribution in [0.15, 0.2) is 33.7 Å². The SMILES string of the molecule is Cc1coc2cc([OH2+])ccc2c1=O. The molecule has 0 aliphatic carbocycles. The highest BCUT2D eigenvalue weighted by atomic mass is 16.3. The summed E-state index contributed by atoms with van der Waals surface area (Å²) in [6.07, 6.45) is 1.42. The van der Waals surface area contributed by atoms with Gasteiger partial charge in [0, 0.05) is 11.6 Å². The molecule has 0 bridgehead atoms. The van der Waals surface area contributed by atoms with Crippen molar-refractivity contribution in [3.8, 4) is 5.75 Å². The van der Waals surface area contributed by atoms with E-state index in [2.05, 4.69) is 0 Å². The summed E-state index contributed by atoms with van der Waals surface area (Å²) in [5, 5.41) is 7.88. The van der Waals surface area contributed by atoms with Gasteiger partial charge in [0.2, 0.25) is 0 Å². The fraction of sp³-hybridized carbons (Fsp3) is 0.100. The zero-order chi connectivity index (χ0) is 9.42. The van der Waals surface area contributed by atoms with Crippen LogP contribution in [0, 0.1) is 6.92 Å². The van der Waals surface area contributed by atoms with Crippen molar-refractivity contribution in [1.29, 1.82) is 0 Å². The van der Waals surface area contributed by atoms with Crippen molar-refractivity contribution in [1.82, 2.24) is 0 Å². The van der Waals surface area contributed by atoms with E-state index in [1.807, 2.05) is 0 Å². The third-order valence-electron chi connectivity index (χ3n) is 1.95. The van der Waals surface area contributed by atoms with Crippen molar-refractivity contribution in [3.63, 3.8) is 0 Å². The zero-order valence-electron chi connectivity index (χ0n) is 7.13. The van der Waals surface area contributed by atoms with Crippen LogP contribution < -0.4 is 5.43 Å². The highest BCUT2D eigenvalue weighted by Gasteiger charge is 2.04. The van der Waals surface area contributed by atoms with E-state index < -0.39 is 0 Å². The lowest BCUT2D eigenvalue weighted by Gasteiger charge is -1.96. The lowest BCUT2D eigenvalue weighted by atomic mass is 10.2. The van der Waals surface area contributed by atoms with Gasteiger partial charge < -0.3 is 9.52 Å². The molecule has 3 nitrogen and oxygen atoms in total. The molecule has 0 saturated carbocycles. The van der Waals surface area contributed by atoms with Gasteiger partial charge in [-0.3, -0.25) is 4.79 Å². The quantitative estimate of drug-likeness (QED) is 0.573. The van der Waals surface area contributed by atoms with E-state index in [1.165, 1.54) is 12.3 Å². The average molecular weight is 177 g/mol. The van der Waals surface area contributed by atoms with Gasteiger partial charge >= 0.3 is 0 Å². The van der Waals surface area contributed by atoms with Gasteiger partial charge in [0.15, 0.2) is 5.43 Å². The van der Waals surface area contributed by atoms with Crippen LogP contribution in [0.5, 0.6) is 5.75 Å². The van der Waals surface area contributed by atoms with Gasteiger partial charge in [-0.05, 0) is 13.0 Å². The summed E-state index contributed by atoms with van der Waals surface area (Å²) in [6.45, 7) is 1.71. The molecule has 1 aromatic heterocycles. The monoisotopic (exact) mass is 177 g/mol. The summed E-state index contributed by atoms with van der Waals surface area (Å²) < 4.78 is 5.18. The molecule has 3 heteroatoms. The average Bonchev–Trinajstić information content (AvgIpc) is 2.12. The lowest BCUT2D eigenvalue weighted by Crippen LogP contribution is -2.03. The predicted molar refractivity (Wildman–Crippen MR) is 50.3 cm³/mol. The third kappa shape index (κ3) is 1.18. The minimum Gasteiger partial charge on any atom is -0.593 e. The van der Waals surface area contributed by atoms with E-state index in [9.17, 15) is 4.79 Å². The van der Waals surface area contributed by atoms with Gasteiger partial charge in [-0.1, -0.05) is 0 Å². The van der Waals surface area contributed by atoms with E-state index >= 15 is 0 Å². The van der Waals surface area contributed by atoms with Gasteiger partial charge in [-0.2, -0.15) is 0 Å². The first-order valence-corrected chi connectivity index (χ1v) is 3.92. The Morgan fingerprint density at radius 1 is 1.38 bits per heavy atom. The molecule has 0 aliphatic rings. The molecule has 1 aromatic carbocycles. The van der Waals surface area contributed by atoms with Crippen molar-refractivity contribution in [2.75, 3.05) is 0 Å². The molecule has 0 aliphatic heterocycles. The summed E-state index contributed by atoms with van der Waals surface area (Å²) in [6, 6.07) is 4.74. The van der Waals surface area contributed by atoms with Crippen LogP contribution in [-0.2, 0) is 0 Å². The summed E-state index contributed by atoms with van der Waals surface area (Å²) in [5.74, 6) is 0.347. The van der Waals surface area contributed by atoms with Gasteiger partial charge in [0.25, 0.3) is 5.75 Å². The Kier molecular flexibility index (Phi) is 1.59. The number of aryl methyl sites for hydroxylation is 1. The molecule has 0 unspecified atom stereocenters. The molecule has 66 valence electrons. The summed E-state index contributed by atoms with van der Waals surface area (Å²) in [7, 11) is 0. The van der Waals surface area contributed by atoms with E-state index in [0.717, 1.165) is 0 Å². The fourth-order valence-corrected chi connectivity index (χ4v) is 1.23. The Morgan fingerprint density at radius 3 is 2.92 bits per heavy atom. The van der Waals surface area contributed by atoms with Crippen LogP contribution in [0.3, 0.4) is 0 Å². The highest BCUT2D eigenvalue weighted by molar-refractivity contribution is 5.78. The maximum Gasteiger partial charge on any atom is 0.257 e. The second-order valence-corrected chi connectivity index (χ2v) is 2.96. The predicted octanol–water partition coefficient (Wildman–Crippen LogP) is 1.54. The summed E-state index contributed by atoms with van der Waals surface area (Å²) in [5.41, 5.74) is 1.04. The fourth-order valence-electron chi connectivity index (χ4n) is 1.23. The molecule has 1 heterocycles. The van der Waals surface area contributed by atoms with Gasteiger partial charge in [0.1, 0.15) is 5.58 Å². The van der Waals surface area contributed by atoms with Crippen LogP contribution in [-0.4, -0.2) is 5.11 Å². The van der Waals surface area contributed by atoms with Crippen molar-refractivity contribution >= 4 is 11.0 Å². The Balaban J connectivity index is 2.95. The van der Waals surface area contributed by atoms with Crippen LogP contribution in [0.1, 0.15) is 5.56 Å². The summed E-state index contributed by atoms with van der Waals surface area (Å²) >= 11 is 0. The minimum atomic E-state index is -0.0266. The van der Waals surface area contributed by atoms with Gasteiger partial charge in [-0.15, -0.1) is 0 Å². The maximum absolute atomic E-state index is 11.5. The zero-order valence-corrected chi connectivity index (χ0v) is 7.13. The normalized spacial score (nSPS) is 10.5. The molecule has 0 amide bonds. The van der Waals surface area contributed by atoms with E-state index in [1.54, 1.807) is 19.1 Å². The highest BCUT2D eigenvalue weighted by Crippen LogP contribution is 2.17. The number of benzene rings is 1. The topological polar surface area (TPSA) is 53.1 Å². The first-order chi connectivity index (χ1) is 6.18. The van der Waals surface area contributed by atoms with E-state index in [-0.39, 0.29) is 5.43 Å². The van der Waals surface area contributed by atoms with Crippen molar-refractivity contribution < 1.29 is 9.52 Å². The number of hydrogen-bond donors (Lipinski definition) is 0. The van der Waals surface area contributed by atoms with Crippen LogP contribution >= 0.6 is 0 Å². The van der Waals surface area contributed by atoms with Crippen molar-refractivity contribution in [3.05, 3.63) is 40.2 Å². The molecule has 0 saturated heterocycles. The Labute approximate surface area is 74.2 Å². The van der Waals surface area contributed by atoms with Crippen LogP contribution in [0.2, 0.25) is 0 Å². The molecule has 0 radical (unpaired) electrons. The van der Waals surface area contributed by atoms with Crippen molar-refractivity contribution in [2.45, 2.75) is 6.92 Å². The second-order valence-electron chi connectivity index (χ2n) is 2.96. The molecule has 0 atom stereocenters. The summed E-state index contributed by atoms with van der Waals surface area (Å²) in [4.78, 5) is 11.5.